The number of sulfone groups is 1. The van der Waals surface area contributed by atoms with Gasteiger partial charge in [0.05, 0.1) is 20.6 Å². The average Bonchev–Trinajstić information content (AvgIpc) is 2.83. The summed E-state index contributed by atoms with van der Waals surface area (Å²) in [6.45, 7) is 4.84. The highest BCUT2D eigenvalue weighted by Gasteiger charge is 2.41. The van der Waals surface area contributed by atoms with Crippen LogP contribution in [0.3, 0.4) is 0 Å². The van der Waals surface area contributed by atoms with Gasteiger partial charge in [-0.1, -0.05) is 29.8 Å². The first-order valence-electron chi connectivity index (χ1n) is 11.8. The van der Waals surface area contributed by atoms with E-state index in [1.807, 2.05) is 13.0 Å². The van der Waals surface area contributed by atoms with Crippen LogP contribution in [0.1, 0.15) is 48.6 Å². The maximum Gasteiger partial charge on any atom is 0.309 e. The molecule has 1 aliphatic heterocycles. The van der Waals surface area contributed by atoms with Gasteiger partial charge in [0.2, 0.25) is 0 Å². The Kier molecular flexibility index (Phi) is 7.53. The standard InChI is InChI=1S/C28H28ClFO6S/c1-17-6-4-7-20(12-17)37(33,34)26-14-19(15-28(2,3)27(31)32)36-25-11-10-18(13-21(25)26)35-16-22-23(29)8-5-9-24(22)30/h4-13,19,26H,14-16H2,1-3H3,(H,31,32). The Morgan fingerprint density at radius 2 is 1.89 bits per heavy atom. The first-order chi connectivity index (χ1) is 17.4. The summed E-state index contributed by atoms with van der Waals surface area (Å²) in [5, 5.41) is 8.84. The number of rotatable bonds is 8. The van der Waals surface area contributed by atoms with Crippen molar-refractivity contribution in [2.75, 3.05) is 0 Å². The van der Waals surface area contributed by atoms with E-state index in [-0.39, 0.29) is 34.9 Å². The highest BCUT2D eigenvalue weighted by Crippen LogP contribution is 2.46. The molecule has 6 nitrogen and oxygen atoms in total. The highest BCUT2D eigenvalue weighted by atomic mass is 35.5. The predicted molar refractivity (Wildman–Crippen MR) is 138 cm³/mol. The maximum atomic E-state index is 14.2. The second-order valence-corrected chi connectivity index (χ2v) is 12.4. The first-order valence-corrected chi connectivity index (χ1v) is 13.7. The van der Waals surface area contributed by atoms with Crippen LogP contribution in [0.25, 0.3) is 0 Å². The van der Waals surface area contributed by atoms with E-state index in [0.717, 1.165) is 5.56 Å². The molecule has 1 N–H and O–H groups in total. The van der Waals surface area contributed by atoms with Gasteiger partial charge in [-0.05, 0) is 75.2 Å². The molecule has 2 atom stereocenters. The fourth-order valence-electron chi connectivity index (χ4n) is 4.43. The molecule has 1 aliphatic rings. The molecule has 0 bridgehead atoms. The Morgan fingerprint density at radius 1 is 1.16 bits per heavy atom. The number of halogens is 2. The lowest BCUT2D eigenvalue weighted by atomic mass is 9.84. The summed E-state index contributed by atoms with van der Waals surface area (Å²) in [5.41, 5.74) is 0.291. The van der Waals surface area contributed by atoms with Crippen LogP contribution in [0.5, 0.6) is 11.5 Å². The third kappa shape index (κ3) is 5.75. The van der Waals surface area contributed by atoms with Crippen molar-refractivity contribution in [1.82, 2.24) is 0 Å². The maximum absolute atomic E-state index is 14.2. The molecule has 0 saturated heterocycles. The Balaban J connectivity index is 1.71. The highest BCUT2D eigenvalue weighted by molar-refractivity contribution is 7.91. The van der Waals surface area contributed by atoms with Crippen LogP contribution in [-0.2, 0) is 21.2 Å². The van der Waals surface area contributed by atoms with Gasteiger partial charge in [-0.3, -0.25) is 4.79 Å². The van der Waals surface area contributed by atoms with Crippen LogP contribution in [0.4, 0.5) is 4.39 Å². The van der Waals surface area contributed by atoms with Crippen molar-refractivity contribution in [2.24, 2.45) is 5.41 Å². The van der Waals surface area contributed by atoms with E-state index in [1.54, 1.807) is 56.3 Å². The average molecular weight is 547 g/mol. The number of aryl methyl sites for hydroxylation is 1. The van der Waals surface area contributed by atoms with Gasteiger partial charge in [-0.25, -0.2) is 12.8 Å². The van der Waals surface area contributed by atoms with Gasteiger partial charge in [0.25, 0.3) is 0 Å². The molecule has 9 heteroatoms. The molecule has 0 spiro atoms. The number of benzene rings is 3. The predicted octanol–water partition coefficient (Wildman–Crippen LogP) is 6.53. The fourth-order valence-corrected chi connectivity index (χ4v) is 6.58. The van der Waals surface area contributed by atoms with E-state index in [2.05, 4.69) is 0 Å². The fraction of sp³-hybridized carbons (Fsp3) is 0.321. The largest absolute Gasteiger partial charge is 0.490 e. The molecule has 2 unspecified atom stereocenters. The minimum Gasteiger partial charge on any atom is -0.490 e. The van der Waals surface area contributed by atoms with Crippen molar-refractivity contribution in [1.29, 1.82) is 0 Å². The molecule has 3 aromatic carbocycles. The molecule has 4 rings (SSSR count). The van der Waals surface area contributed by atoms with Gasteiger partial charge < -0.3 is 14.6 Å². The molecule has 0 saturated carbocycles. The SMILES string of the molecule is Cc1cccc(S(=O)(=O)C2CC(CC(C)(C)C(=O)O)Oc3ccc(OCc4c(F)cccc4Cl)cc32)c1. The van der Waals surface area contributed by atoms with Crippen LogP contribution in [-0.4, -0.2) is 25.6 Å². The summed E-state index contributed by atoms with van der Waals surface area (Å²) in [7, 11) is -3.87. The van der Waals surface area contributed by atoms with Crippen LogP contribution in [0.2, 0.25) is 5.02 Å². The zero-order chi connectivity index (χ0) is 27.0. The van der Waals surface area contributed by atoms with Gasteiger partial charge in [-0.2, -0.15) is 0 Å². The van der Waals surface area contributed by atoms with E-state index in [0.29, 0.717) is 17.1 Å². The molecule has 0 radical (unpaired) electrons. The van der Waals surface area contributed by atoms with Crippen molar-refractivity contribution in [3.63, 3.8) is 0 Å². The second-order valence-electron chi connectivity index (χ2n) is 9.91. The third-order valence-electron chi connectivity index (χ3n) is 6.55. The Labute approximate surface area is 220 Å². The lowest BCUT2D eigenvalue weighted by Gasteiger charge is -2.35. The topological polar surface area (TPSA) is 89.9 Å². The van der Waals surface area contributed by atoms with Crippen LogP contribution in [0, 0.1) is 18.2 Å². The van der Waals surface area contributed by atoms with Crippen LogP contribution < -0.4 is 9.47 Å². The van der Waals surface area contributed by atoms with Crippen molar-refractivity contribution in [3.05, 3.63) is 88.2 Å². The summed E-state index contributed by atoms with van der Waals surface area (Å²) >= 11 is 6.10. The smallest absolute Gasteiger partial charge is 0.309 e. The van der Waals surface area contributed by atoms with Crippen molar-refractivity contribution >= 4 is 27.4 Å². The molecule has 0 aromatic heterocycles. The number of hydrogen-bond donors (Lipinski definition) is 1. The molecule has 1 heterocycles. The molecule has 37 heavy (non-hydrogen) atoms. The third-order valence-corrected chi connectivity index (χ3v) is 9.01. The van der Waals surface area contributed by atoms with Gasteiger partial charge in [0.15, 0.2) is 9.84 Å². The normalized spacial score (nSPS) is 17.5. The molecule has 0 aliphatic carbocycles. The summed E-state index contributed by atoms with van der Waals surface area (Å²) in [5.74, 6) is -0.821. The van der Waals surface area contributed by atoms with E-state index in [1.165, 1.54) is 12.1 Å². The molecule has 196 valence electrons. The summed E-state index contributed by atoms with van der Waals surface area (Å²) in [4.78, 5) is 11.9. The monoisotopic (exact) mass is 546 g/mol. The van der Waals surface area contributed by atoms with Crippen LogP contribution >= 0.6 is 11.6 Å². The minimum atomic E-state index is -3.87. The number of hydrogen-bond acceptors (Lipinski definition) is 5. The Morgan fingerprint density at radius 3 is 2.57 bits per heavy atom. The van der Waals surface area contributed by atoms with Crippen LogP contribution in [0.15, 0.2) is 65.6 Å². The van der Waals surface area contributed by atoms with E-state index in [4.69, 9.17) is 21.1 Å². The van der Waals surface area contributed by atoms with Gasteiger partial charge in [0, 0.05) is 17.5 Å². The van der Waals surface area contributed by atoms with Gasteiger partial charge in [-0.15, -0.1) is 0 Å². The van der Waals surface area contributed by atoms with Gasteiger partial charge in [0.1, 0.15) is 30.0 Å². The first kappa shape index (κ1) is 26.9. The zero-order valence-electron chi connectivity index (χ0n) is 20.7. The summed E-state index contributed by atoms with van der Waals surface area (Å²) in [6, 6.07) is 15.8. The summed E-state index contributed by atoms with van der Waals surface area (Å²) < 4.78 is 53.8. The zero-order valence-corrected chi connectivity index (χ0v) is 22.3. The van der Waals surface area contributed by atoms with E-state index in [9.17, 15) is 22.7 Å². The number of fused-ring (bicyclic) bond motifs is 1. The molecular weight excluding hydrogens is 519 g/mol. The van der Waals surface area contributed by atoms with E-state index >= 15 is 0 Å². The number of aliphatic carboxylic acids is 1. The minimum absolute atomic E-state index is 0.0720. The van der Waals surface area contributed by atoms with Crippen molar-refractivity contribution in [2.45, 2.75) is 56.5 Å². The molecular formula is C28H28ClFO6S. The number of carboxylic acids is 1. The Bertz CT molecular complexity index is 1420. The number of ether oxygens (including phenoxy) is 2. The lowest BCUT2D eigenvalue weighted by Crippen LogP contribution is -2.36. The molecule has 0 fully saturated rings. The lowest BCUT2D eigenvalue weighted by molar-refractivity contribution is -0.148. The van der Waals surface area contributed by atoms with Crippen molar-refractivity contribution < 1.29 is 32.2 Å². The second kappa shape index (κ2) is 10.3. The number of carbonyl (C=O) groups is 1. The molecule has 0 amide bonds. The van der Waals surface area contributed by atoms with Gasteiger partial charge >= 0.3 is 5.97 Å². The Hall–Kier alpha value is -3.10. The van der Waals surface area contributed by atoms with E-state index < -0.39 is 38.4 Å². The summed E-state index contributed by atoms with van der Waals surface area (Å²) in [6.07, 6.45) is -0.430. The quantitative estimate of drug-likeness (QED) is 0.345. The van der Waals surface area contributed by atoms with Crippen molar-refractivity contribution in [3.8, 4) is 11.5 Å². The molecule has 3 aromatic rings. The number of carboxylic acid groups (broad SMARTS) is 1.